The van der Waals surface area contributed by atoms with Crippen LogP contribution in [0.4, 0.5) is 0 Å². The van der Waals surface area contributed by atoms with E-state index in [1.807, 2.05) is 6.07 Å². The molecule has 0 aromatic heterocycles. The first-order valence-corrected chi connectivity index (χ1v) is 11.3. The van der Waals surface area contributed by atoms with Gasteiger partial charge < -0.3 is 25.0 Å². The molecule has 2 heterocycles. The highest BCUT2D eigenvalue weighted by Gasteiger charge is 2.24. The van der Waals surface area contributed by atoms with Gasteiger partial charge in [0.2, 0.25) is 0 Å². The quantitative estimate of drug-likeness (QED) is 0.474. The third-order valence-corrected chi connectivity index (χ3v) is 6.10. The van der Waals surface area contributed by atoms with Crippen molar-refractivity contribution in [3.63, 3.8) is 0 Å². The topological polar surface area (TPSA) is 61.4 Å². The van der Waals surface area contributed by atoms with E-state index in [2.05, 4.69) is 46.4 Å². The van der Waals surface area contributed by atoms with Crippen LogP contribution in [0.2, 0.25) is 0 Å². The van der Waals surface area contributed by atoms with Crippen molar-refractivity contribution in [1.82, 2.24) is 20.4 Å². The number of nitrogens with one attached hydrogen (secondary N) is 2. The van der Waals surface area contributed by atoms with E-state index >= 15 is 0 Å². The fourth-order valence-electron chi connectivity index (χ4n) is 4.39. The van der Waals surface area contributed by atoms with E-state index < -0.39 is 0 Å². The van der Waals surface area contributed by atoms with Crippen LogP contribution >= 0.6 is 0 Å². The Balaban J connectivity index is 1.51. The zero-order valence-electron chi connectivity index (χ0n) is 19.1. The van der Waals surface area contributed by atoms with Crippen molar-refractivity contribution < 1.29 is 9.47 Å². The Bertz CT molecular complexity index is 674. The van der Waals surface area contributed by atoms with Crippen LogP contribution < -0.4 is 20.1 Å². The third-order valence-electron chi connectivity index (χ3n) is 6.10. The molecule has 7 nitrogen and oxygen atoms in total. The normalized spacial score (nSPS) is 23.0. The van der Waals surface area contributed by atoms with Crippen LogP contribution in [0.1, 0.15) is 32.3 Å². The first kappa shape index (κ1) is 22.7. The number of methoxy groups -OCH3 is 2. The molecule has 2 fully saturated rings. The van der Waals surface area contributed by atoms with E-state index in [0.29, 0.717) is 12.0 Å². The molecule has 1 aromatic rings. The highest BCUT2D eigenvalue weighted by atomic mass is 16.5. The van der Waals surface area contributed by atoms with Gasteiger partial charge in [0.05, 0.1) is 14.2 Å². The minimum atomic E-state index is 0.422. The number of hydrogen-bond donors (Lipinski definition) is 2. The number of likely N-dealkylation sites (tertiary alicyclic amines) is 2. The average Bonchev–Trinajstić information content (AvgIpc) is 3.41. The second-order valence-electron chi connectivity index (χ2n) is 8.35. The Morgan fingerprint density at radius 2 is 1.77 bits per heavy atom. The van der Waals surface area contributed by atoms with E-state index in [-0.39, 0.29) is 0 Å². The highest BCUT2D eigenvalue weighted by Crippen LogP contribution is 2.24. The maximum atomic E-state index is 5.41. The molecule has 2 unspecified atom stereocenters. The number of rotatable bonds is 9. The van der Waals surface area contributed by atoms with Gasteiger partial charge in [0.1, 0.15) is 11.5 Å². The molecule has 2 aliphatic heterocycles. The predicted molar refractivity (Wildman–Crippen MR) is 123 cm³/mol. The molecular formula is C23H39N5O2. The summed E-state index contributed by atoms with van der Waals surface area (Å²) in [7, 11) is 3.39. The van der Waals surface area contributed by atoms with Crippen molar-refractivity contribution in [3.8, 4) is 11.5 Å². The van der Waals surface area contributed by atoms with Crippen molar-refractivity contribution in [2.24, 2.45) is 10.9 Å². The van der Waals surface area contributed by atoms with Gasteiger partial charge in [0.15, 0.2) is 5.96 Å². The Hall–Kier alpha value is -1.99. The highest BCUT2D eigenvalue weighted by molar-refractivity contribution is 5.80. The zero-order chi connectivity index (χ0) is 21.3. The summed E-state index contributed by atoms with van der Waals surface area (Å²) in [6.07, 6.45) is 2.39. The van der Waals surface area contributed by atoms with Gasteiger partial charge in [-0.3, -0.25) is 9.89 Å². The van der Waals surface area contributed by atoms with Crippen LogP contribution in [0.15, 0.2) is 23.2 Å². The number of ether oxygens (including phenoxy) is 2. The zero-order valence-corrected chi connectivity index (χ0v) is 19.1. The molecule has 0 saturated carbocycles. The molecule has 168 valence electrons. The molecule has 0 radical (unpaired) electrons. The van der Waals surface area contributed by atoms with E-state index in [4.69, 9.17) is 14.5 Å². The van der Waals surface area contributed by atoms with Crippen LogP contribution in [0.5, 0.6) is 11.5 Å². The van der Waals surface area contributed by atoms with Gasteiger partial charge in [-0.1, -0.05) is 6.92 Å². The van der Waals surface area contributed by atoms with Crippen LogP contribution in [0.25, 0.3) is 0 Å². The van der Waals surface area contributed by atoms with Gasteiger partial charge in [0.25, 0.3) is 0 Å². The number of benzene rings is 1. The molecular weight excluding hydrogens is 378 g/mol. The second kappa shape index (κ2) is 11.4. The number of guanidine groups is 1. The molecule has 2 saturated heterocycles. The summed E-state index contributed by atoms with van der Waals surface area (Å²) in [4.78, 5) is 9.89. The van der Waals surface area contributed by atoms with Crippen molar-refractivity contribution in [1.29, 1.82) is 0 Å². The van der Waals surface area contributed by atoms with Crippen molar-refractivity contribution in [2.75, 3.05) is 60.0 Å². The molecule has 30 heavy (non-hydrogen) atoms. The summed E-state index contributed by atoms with van der Waals surface area (Å²) in [6.45, 7) is 12.7. The Morgan fingerprint density at radius 3 is 2.40 bits per heavy atom. The smallest absolute Gasteiger partial charge is 0.191 e. The van der Waals surface area contributed by atoms with E-state index in [1.165, 1.54) is 25.1 Å². The maximum Gasteiger partial charge on any atom is 0.191 e. The summed E-state index contributed by atoms with van der Waals surface area (Å²) in [5.74, 6) is 3.33. The van der Waals surface area contributed by atoms with Gasteiger partial charge in [-0.25, -0.2) is 0 Å². The monoisotopic (exact) mass is 417 g/mol. The van der Waals surface area contributed by atoms with Crippen molar-refractivity contribution >= 4 is 5.96 Å². The van der Waals surface area contributed by atoms with E-state index in [9.17, 15) is 0 Å². The van der Waals surface area contributed by atoms with Gasteiger partial charge in [0, 0.05) is 51.4 Å². The number of nitrogens with zero attached hydrogens (tertiary/aromatic N) is 3. The van der Waals surface area contributed by atoms with Crippen LogP contribution in [0, 0.1) is 5.92 Å². The molecule has 3 rings (SSSR count). The minimum Gasteiger partial charge on any atom is -0.497 e. The minimum absolute atomic E-state index is 0.422. The maximum absolute atomic E-state index is 5.41. The number of hydrogen-bond acceptors (Lipinski definition) is 5. The molecule has 0 bridgehead atoms. The van der Waals surface area contributed by atoms with Crippen LogP contribution in [-0.4, -0.2) is 81.8 Å². The third kappa shape index (κ3) is 6.51. The molecule has 7 heteroatoms. The summed E-state index contributed by atoms with van der Waals surface area (Å²) in [5, 5.41) is 7.09. The van der Waals surface area contributed by atoms with Gasteiger partial charge in [-0.15, -0.1) is 0 Å². The van der Waals surface area contributed by atoms with E-state index in [1.54, 1.807) is 14.2 Å². The molecule has 0 aliphatic carbocycles. The van der Waals surface area contributed by atoms with Crippen LogP contribution in [0.3, 0.4) is 0 Å². The lowest BCUT2D eigenvalue weighted by Gasteiger charge is -2.20. The van der Waals surface area contributed by atoms with Crippen LogP contribution in [-0.2, 0) is 6.54 Å². The first-order chi connectivity index (χ1) is 14.6. The fraction of sp³-hybridized carbons (Fsp3) is 0.696. The largest absolute Gasteiger partial charge is 0.497 e. The van der Waals surface area contributed by atoms with E-state index in [0.717, 1.165) is 63.1 Å². The molecule has 2 aliphatic rings. The van der Waals surface area contributed by atoms with Crippen molar-refractivity contribution in [2.45, 2.75) is 39.3 Å². The predicted octanol–water partition coefficient (Wildman–Crippen LogP) is 2.18. The Kier molecular flexibility index (Phi) is 8.63. The SMILES string of the molecule is CCNC(=NCC1CCN(CC)C1)NC1CCN(Cc2cc(OC)cc(OC)c2)C1. The van der Waals surface area contributed by atoms with Gasteiger partial charge >= 0.3 is 0 Å². The Labute approximate surface area is 181 Å². The summed E-state index contributed by atoms with van der Waals surface area (Å²) in [6, 6.07) is 6.53. The molecule has 2 atom stereocenters. The summed E-state index contributed by atoms with van der Waals surface area (Å²) < 4.78 is 10.8. The lowest BCUT2D eigenvalue weighted by Crippen LogP contribution is -2.44. The molecule has 2 N–H and O–H groups in total. The van der Waals surface area contributed by atoms with Crippen molar-refractivity contribution in [3.05, 3.63) is 23.8 Å². The standard InChI is InChI=1S/C23H39N5O2/c1-5-24-23(25-14-18-7-9-27(6-2)15-18)26-20-8-10-28(17-20)16-19-11-21(29-3)13-22(12-19)30-4/h11-13,18,20H,5-10,14-17H2,1-4H3,(H2,24,25,26). The number of aliphatic imine (C=N–C) groups is 1. The van der Waals surface area contributed by atoms with Gasteiger partial charge in [-0.05, 0) is 56.5 Å². The molecule has 0 spiro atoms. The lowest BCUT2D eigenvalue weighted by atomic mass is 10.1. The molecule has 0 amide bonds. The lowest BCUT2D eigenvalue weighted by molar-refractivity contribution is 0.321. The molecule has 1 aromatic carbocycles. The summed E-state index contributed by atoms with van der Waals surface area (Å²) >= 11 is 0. The second-order valence-corrected chi connectivity index (χ2v) is 8.35. The average molecular weight is 418 g/mol. The van der Waals surface area contributed by atoms with Gasteiger partial charge in [-0.2, -0.15) is 0 Å². The fourth-order valence-corrected chi connectivity index (χ4v) is 4.39. The first-order valence-electron chi connectivity index (χ1n) is 11.3. The Morgan fingerprint density at radius 1 is 1.03 bits per heavy atom. The summed E-state index contributed by atoms with van der Waals surface area (Å²) in [5.41, 5.74) is 1.22.